The number of anilines is 2. The summed E-state index contributed by atoms with van der Waals surface area (Å²) < 4.78 is 26.1. The van der Waals surface area contributed by atoms with Crippen molar-refractivity contribution in [1.82, 2.24) is 24.9 Å². The van der Waals surface area contributed by atoms with Gasteiger partial charge in [-0.15, -0.1) is 11.3 Å². The number of thiophene rings is 1. The lowest BCUT2D eigenvalue weighted by Crippen LogP contribution is -2.27. The molecule has 4 rings (SSSR count). The number of hydrogen-bond donors (Lipinski definition) is 3. The summed E-state index contributed by atoms with van der Waals surface area (Å²) in [6.07, 6.45) is 3.74. The van der Waals surface area contributed by atoms with E-state index in [1.807, 2.05) is 10.8 Å². The molecule has 0 unspecified atom stereocenters. The molecule has 1 aliphatic rings. The molecule has 9 nitrogen and oxygen atoms in total. The average Bonchev–Trinajstić information content (AvgIpc) is 3.16. The van der Waals surface area contributed by atoms with E-state index in [4.69, 9.17) is 11.6 Å². The van der Waals surface area contributed by atoms with E-state index in [0.717, 1.165) is 36.8 Å². The molecule has 0 saturated heterocycles. The maximum atomic E-state index is 12.1. The number of nitrogens with zero attached hydrogens (tertiary/aromatic N) is 3. The third-order valence-electron chi connectivity index (χ3n) is 3.95. The minimum atomic E-state index is -3.91. The van der Waals surface area contributed by atoms with Gasteiger partial charge in [-0.2, -0.15) is 5.10 Å². The molecular weight excluding hydrogens is 424 g/mol. The minimum Gasteiger partial charge on any atom is -0.322 e. The van der Waals surface area contributed by atoms with Gasteiger partial charge in [-0.05, 0) is 25.0 Å². The lowest BCUT2D eigenvalue weighted by atomic mass is 10.3. The van der Waals surface area contributed by atoms with Gasteiger partial charge in [-0.3, -0.25) is 9.89 Å². The molecule has 12 heteroatoms. The van der Waals surface area contributed by atoms with Crippen molar-refractivity contribution in [3.63, 3.8) is 0 Å². The van der Waals surface area contributed by atoms with E-state index in [1.165, 1.54) is 12.3 Å². The van der Waals surface area contributed by atoms with Crippen LogP contribution in [0.5, 0.6) is 0 Å². The number of carbonyl (C=O) groups is 1. The van der Waals surface area contributed by atoms with Gasteiger partial charge in [-0.1, -0.05) is 11.6 Å². The Morgan fingerprint density at radius 3 is 2.89 bits per heavy atom. The summed E-state index contributed by atoms with van der Waals surface area (Å²) in [7, 11) is -3.91. The predicted octanol–water partition coefficient (Wildman–Crippen LogP) is 3.27. The van der Waals surface area contributed by atoms with E-state index in [0.29, 0.717) is 33.3 Å². The van der Waals surface area contributed by atoms with Crippen molar-refractivity contribution in [3.8, 4) is 10.7 Å². The van der Waals surface area contributed by atoms with Gasteiger partial charge < -0.3 is 5.32 Å². The lowest BCUT2D eigenvalue weighted by Gasteiger charge is -2.05. The van der Waals surface area contributed by atoms with Crippen LogP contribution >= 0.6 is 22.9 Å². The second-order valence-corrected chi connectivity index (χ2v) is 9.68. The molecule has 0 bridgehead atoms. The molecule has 148 valence electrons. The van der Waals surface area contributed by atoms with Gasteiger partial charge in [-0.25, -0.2) is 23.1 Å². The molecule has 3 heterocycles. The van der Waals surface area contributed by atoms with Gasteiger partial charge in [0.05, 0.1) is 11.1 Å². The van der Waals surface area contributed by atoms with Crippen molar-refractivity contribution in [2.45, 2.75) is 29.9 Å². The average molecular weight is 441 g/mol. The highest BCUT2D eigenvalue weighted by Gasteiger charge is 2.25. The molecule has 3 N–H and O–H groups in total. The Labute approximate surface area is 171 Å². The number of hydrogen-bond acceptors (Lipinski definition) is 8. The molecule has 1 aliphatic carbocycles. The molecule has 1 fully saturated rings. The molecule has 0 spiro atoms. The fraction of sp³-hybridized carbons (Fsp3) is 0.250. The number of amides is 1. The van der Waals surface area contributed by atoms with Crippen LogP contribution in [0.1, 0.15) is 32.8 Å². The van der Waals surface area contributed by atoms with Crippen LogP contribution in [0.3, 0.4) is 0 Å². The van der Waals surface area contributed by atoms with Crippen molar-refractivity contribution in [1.29, 1.82) is 0 Å². The van der Waals surface area contributed by atoms with Crippen LogP contribution in [-0.2, 0) is 14.8 Å². The van der Waals surface area contributed by atoms with E-state index in [-0.39, 0.29) is 5.64 Å². The summed E-state index contributed by atoms with van der Waals surface area (Å²) in [4.78, 5) is 20.1. The van der Waals surface area contributed by atoms with Crippen LogP contribution in [0.15, 0.2) is 28.6 Å². The second kappa shape index (κ2) is 7.15. The number of sulfonamides is 1. The molecule has 1 amide bonds. The molecule has 1 saturated carbocycles. The Morgan fingerprint density at radius 2 is 2.18 bits per heavy atom. The quantitative estimate of drug-likeness (QED) is 0.536. The van der Waals surface area contributed by atoms with Crippen molar-refractivity contribution in [2.75, 3.05) is 5.32 Å². The maximum Gasteiger partial charge on any atom is 0.273 e. The Kier molecular flexibility index (Phi) is 4.81. The fourth-order valence-electron chi connectivity index (χ4n) is 2.52. The molecule has 0 aromatic carbocycles. The number of rotatable bonds is 6. The van der Waals surface area contributed by atoms with E-state index >= 15 is 0 Å². The molecule has 3 aromatic rings. The Morgan fingerprint density at radius 1 is 1.39 bits per heavy atom. The zero-order valence-electron chi connectivity index (χ0n) is 14.6. The summed E-state index contributed by atoms with van der Waals surface area (Å²) in [5.41, 5.74) is 1.07. The van der Waals surface area contributed by atoms with Gasteiger partial charge in [0, 0.05) is 26.0 Å². The van der Waals surface area contributed by atoms with Crippen LogP contribution in [-0.4, -0.2) is 34.5 Å². The largest absolute Gasteiger partial charge is 0.322 e. The van der Waals surface area contributed by atoms with Crippen molar-refractivity contribution in [2.24, 2.45) is 0 Å². The zero-order chi connectivity index (χ0) is 19.9. The molecule has 0 radical (unpaired) electrons. The topological polar surface area (TPSA) is 130 Å². The first kappa shape index (κ1) is 18.8. The Bertz CT molecular complexity index is 1160. The first-order chi connectivity index (χ1) is 13.3. The van der Waals surface area contributed by atoms with Crippen LogP contribution in [0, 0.1) is 0 Å². The van der Waals surface area contributed by atoms with Crippen LogP contribution in [0.2, 0.25) is 5.02 Å². The normalized spacial score (nSPS) is 14.1. The highest BCUT2D eigenvalue weighted by atomic mass is 35.5. The number of halogens is 1. The number of aromatic nitrogens is 4. The van der Waals surface area contributed by atoms with Gasteiger partial charge in [0.25, 0.3) is 10.0 Å². The first-order valence-electron chi connectivity index (χ1n) is 8.30. The Hall–Kier alpha value is -2.50. The highest BCUT2D eigenvalue weighted by molar-refractivity contribution is 7.92. The summed E-state index contributed by atoms with van der Waals surface area (Å²) in [5, 5.41) is 10.6. The monoisotopic (exact) mass is 440 g/mol. The maximum absolute atomic E-state index is 12.1. The Balaban J connectivity index is 0.00000240. The van der Waals surface area contributed by atoms with E-state index in [9.17, 15) is 13.2 Å². The smallest absolute Gasteiger partial charge is 0.273 e. The van der Waals surface area contributed by atoms with E-state index in [2.05, 4.69) is 25.5 Å². The second-order valence-electron chi connectivity index (χ2n) is 6.28. The number of aromatic amines is 1. The fourth-order valence-corrected chi connectivity index (χ4v) is 4.90. The van der Waals surface area contributed by atoms with Crippen LogP contribution < -0.4 is 10.0 Å². The first-order valence-corrected chi connectivity index (χ1v) is 11.0. The SMILES string of the molecule is CC(=O)NS(=O)(=O)c1ccc(-c2ncc(Cl)c(Nc3cc(C4CC4)[nH]n3)n2)s1.[HH]. The number of H-pyrrole nitrogens is 1. The van der Waals surface area contributed by atoms with Gasteiger partial charge >= 0.3 is 0 Å². The summed E-state index contributed by atoms with van der Waals surface area (Å²) in [6.45, 7) is 1.13. The van der Waals surface area contributed by atoms with E-state index < -0.39 is 15.9 Å². The molecule has 3 aromatic heterocycles. The number of carbonyl (C=O) groups excluding carboxylic acids is 1. The summed E-state index contributed by atoms with van der Waals surface area (Å²) in [6, 6.07) is 4.89. The van der Waals surface area contributed by atoms with Crippen molar-refractivity contribution < 1.29 is 14.6 Å². The zero-order valence-corrected chi connectivity index (χ0v) is 17.0. The van der Waals surface area contributed by atoms with Crippen LogP contribution in [0.4, 0.5) is 11.6 Å². The number of nitrogens with one attached hydrogen (secondary N) is 3. The minimum absolute atomic E-state index is 0. The molecule has 0 aliphatic heterocycles. The third kappa shape index (κ3) is 4.01. The predicted molar refractivity (Wildman–Crippen MR) is 107 cm³/mol. The van der Waals surface area contributed by atoms with E-state index in [1.54, 1.807) is 6.07 Å². The molecule has 0 atom stereocenters. The molecule has 28 heavy (non-hydrogen) atoms. The van der Waals surface area contributed by atoms with Gasteiger partial charge in [0.2, 0.25) is 5.91 Å². The standard InChI is InChI=1S/C16H15ClN6O3S2.H2/c1-8(24)23-28(25,26)14-5-4-12(27-14)16-18-7-10(17)15(20-16)19-13-6-11(21-22-13)9-2-3-9;/h4-7,9H,2-3H2,1H3,(H,23,24)(H2,18,19,20,21,22);1H. The summed E-state index contributed by atoms with van der Waals surface area (Å²) >= 11 is 7.14. The van der Waals surface area contributed by atoms with Crippen LogP contribution in [0.25, 0.3) is 10.7 Å². The molecular formula is C16H17ClN6O3S2. The summed E-state index contributed by atoms with van der Waals surface area (Å²) in [5.74, 6) is 1.14. The lowest BCUT2D eigenvalue weighted by molar-refractivity contribution is -0.117. The van der Waals surface area contributed by atoms with Crippen molar-refractivity contribution >= 4 is 50.5 Å². The highest BCUT2D eigenvalue weighted by Crippen LogP contribution is 2.40. The van der Waals surface area contributed by atoms with Crippen molar-refractivity contribution in [3.05, 3.63) is 35.1 Å². The van der Waals surface area contributed by atoms with Gasteiger partial charge in [0.15, 0.2) is 17.5 Å². The van der Waals surface area contributed by atoms with Gasteiger partial charge in [0.1, 0.15) is 9.23 Å². The third-order valence-corrected chi connectivity index (χ3v) is 7.23.